The highest BCUT2D eigenvalue weighted by Gasteiger charge is 2.15. The van der Waals surface area contributed by atoms with Gasteiger partial charge in [0.05, 0.1) is 10.7 Å². The SMILES string of the molecule is Cc1nc(C)c(C(=O)OCc2cccc3ccccc23)s1. The molecular formula is C17H15NO2S. The van der Waals surface area contributed by atoms with Gasteiger partial charge in [-0.05, 0) is 30.2 Å². The lowest BCUT2D eigenvalue weighted by molar-refractivity contribution is 0.0479. The second kappa shape index (κ2) is 5.66. The smallest absolute Gasteiger partial charge is 0.350 e. The van der Waals surface area contributed by atoms with E-state index >= 15 is 0 Å². The number of aromatic nitrogens is 1. The number of carbonyl (C=O) groups excluding carboxylic acids is 1. The monoisotopic (exact) mass is 297 g/mol. The van der Waals surface area contributed by atoms with Gasteiger partial charge < -0.3 is 4.74 Å². The number of aryl methyl sites for hydroxylation is 2. The molecule has 21 heavy (non-hydrogen) atoms. The number of carbonyl (C=O) groups is 1. The Morgan fingerprint density at radius 1 is 1.14 bits per heavy atom. The summed E-state index contributed by atoms with van der Waals surface area (Å²) in [6.45, 7) is 3.99. The van der Waals surface area contributed by atoms with E-state index in [0.29, 0.717) is 4.88 Å². The summed E-state index contributed by atoms with van der Waals surface area (Å²) in [5, 5.41) is 3.14. The lowest BCUT2D eigenvalue weighted by atomic mass is 10.1. The molecule has 3 nitrogen and oxygen atoms in total. The molecule has 1 aromatic heterocycles. The van der Waals surface area contributed by atoms with Crippen LogP contribution >= 0.6 is 11.3 Å². The van der Waals surface area contributed by atoms with Crippen molar-refractivity contribution in [3.05, 3.63) is 63.6 Å². The van der Waals surface area contributed by atoms with Crippen LogP contribution in [0, 0.1) is 13.8 Å². The standard InChI is InChI=1S/C17H15NO2S/c1-11-16(21-12(2)18-11)17(19)20-10-14-8-5-7-13-6-3-4-9-15(13)14/h3-9H,10H2,1-2H3. The minimum Gasteiger partial charge on any atom is -0.457 e. The van der Waals surface area contributed by atoms with Crippen LogP contribution in [0.1, 0.15) is 25.9 Å². The minimum atomic E-state index is -0.300. The van der Waals surface area contributed by atoms with E-state index in [4.69, 9.17) is 4.74 Å². The van der Waals surface area contributed by atoms with Gasteiger partial charge >= 0.3 is 5.97 Å². The van der Waals surface area contributed by atoms with Crippen molar-refractivity contribution in [3.63, 3.8) is 0 Å². The van der Waals surface area contributed by atoms with Crippen molar-refractivity contribution in [1.29, 1.82) is 0 Å². The van der Waals surface area contributed by atoms with Gasteiger partial charge in [-0.1, -0.05) is 42.5 Å². The Morgan fingerprint density at radius 3 is 2.67 bits per heavy atom. The third-order valence-corrected chi connectivity index (χ3v) is 4.38. The molecule has 0 bridgehead atoms. The first-order chi connectivity index (χ1) is 10.1. The van der Waals surface area contributed by atoms with Crippen LogP contribution in [0.5, 0.6) is 0 Å². The van der Waals surface area contributed by atoms with Crippen LogP contribution in [0.3, 0.4) is 0 Å². The topological polar surface area (TPSA) is 39.2 Å². The fourth-order valence-corrected chi connectivity index (χ4v) is 3.16. The summed E-state index contributed by atoms with van der Waals surface area (Å²) in [6, 6.07) is 14.1. The Hall–Kier alpha value is -2.20. The molecule has 2 aromatic carbocycles. The Balaban J connectivity index is 1.81. The molecule has 106 valence electrons. The lowest BCUT2D eigenvalue weighted by Crippen LogP contribution is -2.05. The maximum atomic E-state index is 12.1. The molecule has 0 saturated heterocycles. The Bertz CT molecular complexity index is 802. The highest BCUT2D eigenvalue weighted by atomic mass is 32.1. The van der Waals surface area contributed by atoms with E-state index in [1.807, 2.05) is 44.2 Å². The lowest BCUT2D eigenvalue weighted by Gasteiger charge is -2.07. The summed E-state index contributed by atoms with van der Waals surface area (Å²) in [6.07, 6.45) is 0. The van der Waals surface area contributed by atoms with Gasteiger partial charge in [-0.3, -0.25) is 0 Å². The van der Waals surface area contributed by atoms with E-state index in [9.17, 15) is 4.79 Å². The average Bonchev–Trinajstić information content (AvgIpc) is 2.83. The van der Waals surface area contributed by atoms with Gasteiger partial charge in [-0.15, -0.1) is 11.3 Å². The summed E-state index contributed by atoms with van der Waals surface area (Å²) in [7, 11) is 0. The summed E-state index contributed by atoms with van der Waals surface area (Å²) < 4.78 is 5.45. The van der Waals surface area contributed by atoms with Crippen LogP contribution in [0.25, 0.3) is 10.8 Å². The maximum absolute atomic E-state index is 12.1. The molecule has 0 saturated carbocycles. The first kappa shape index (κ1) is 13.8. The number of thiazole rings is 1. The van der Waals surface area contributed by atoms with Gasteiger partial charge in [0.2, 0.25) is 0 Å². The molecular weight excluding hydrogens is 282 g/mol. The van der Waals surface area contributed by atoms with E-state index in [2.05, 4.69) is 17.1 Å². The van der Waals surface area contributed by atoms with Crippen LogP contribution in [-0.2, 0) is 11.3 Å². The van der Waals surface area contributed by atoms with E-state index in [0.717, 1.165) is 27.0 Å². The van der Waals surface area contributed by atoms with Gasteiger partial charge in [0.1, 0.15) is 11.5 Å². The van der Waals surface area contributed by atoms with Crippen LogP contribution in [0.15, 0.2) is 42.5 Å². The second-order valence-corrected chi connectivity index (χ2v) is 6.07. The van der Waals surface area contributed by atoms with Crippen molar-refractivity contribution >= 4 is 28.1 Å². The summed E-state index contributed by atoms with van der Waals surface area (Å²) in [5.74, 6) is -0.300. The number of ether oxygens (including phenoxy) is 1. The van der Waals surface area contributed by atoms with Crippen LogP contribution in [-0.4, -0.2) is 11.0 Å². The molecule has 0 aliphatic rings. The number of nitrogens with zero attached hydrogens (tertiary/aromatic N) is 1. The molecule has 0 spiro atoms. The first-order valence-corrected chi connectivity index (χ1v) is 7.54. The highest BCUT2D eigenvalue weighted by molar-refractivity contribution is 7.13. The predicted molar refractivity (Wildman–Crippen MR) is 84.7 cm³/mol. The zero-order valence-corrected chi connectivity index (χ0v) is 12.7. The van der Waals surface area contributed by atoms with Crippen molar-refractivity contribution < 1.29 is 9.53 Å². The van der Waals surface area contributed by atoms with Gasteiger partial charge in [0.25, 0.3) is 0 Å². The van der Waals surface area contributed by atoms with E-state index < -0.39 is 0 Å². The normalized spacial score (nSPS) is 10.8. The first-order valence-electron chi connectivity index (χ1n) is 6.73. The molecule has 0 aliphatic carbocycles. The van der Waals surface area contributed by atoms with Gasteiger partial charge in [0.15, 0.2) is 0 Å². The molecule has 0 N–H and O–H groups in total. The molecule has 0 radical (unpaired) electrons. The van der Waals surface area contributed by atoms with E-state index in [-0.39, 0.29) is 12.6 Å². The van der Waals surface area contributed by atoms with E-state index in [1.54, 1.807) is 0 Å². The number of fused-ring (bicyclic) bond motifs is 1. The third-order valence-electron chi connectivity index (χ3n) is 3.33. The fourth-order valence-electron chi connectivity index (χ4n) is 2.35. The molecule has 3 aromatic rings. The maximum Gasteiger partial charge on any atom is 0.350 e. The summed E-state index contributed by atoms with van der Waals surface area (Å²) in [4.78, 5) is 17.0. The molecule has 3 rings (SSSR count). The third kappa shape index (κ3) is 2.81. The zero-order valence-electron chi connectivity index (χ0n) is 11.9. The number of rotatable bonds is 3. The van der Waals surface area contributed by atoms with Crippen molar-refractivity contribution in [1.82, 2.24) is 4.98 Å². The van der Waals surface area contributed by atoms with Crippen molar-refractivity contribution in [2.24, 2.45) is 0 Å². The van der Waals surface area contributed by atoms with Gasteiger partial charge in [-0.25, -0.2) is 9.78 Å². The van der Waals surface area contributed by atoms with Crippen molar-refractivity contribution in [3.8, 4) is 0 Å². The van der Waals surface area contributed by atoms with Crippen LogP contribution in [0.4, 0.5) is 0 Å². The molecule has 1 heterocycles. The Morgan fingerprint density at radius 2 is 1.90 bits per heavy atom. The quantitative estimate of drug-likeness (QED) is 0.678. The zero-order chi connectivity index (χ0) is 14.8. The van der Waals surface area contributed by atoms with Crippen molar-refractivity contribution in [2.45, 2.75) is 20.5 Å². The summed E-state index contributed by atoms with van der Waals surface area (Å²) in [5.41, 5.74) is 1.75. The largest absolute Gasteiger partial charge is 0.457 e. The van der Waals surface area contributed by atoms with Gasteiger partial charge in [0, 0.05) is 0 Å². The molecule has 4 heteroatoms. The molecule has 0 fully saturated rings. The van der Waals surface area contributed by atoms with Crippen LogP contribution in [0.2, 0.25) is 0 Å². The number of benzene rings is 2. The molecule has 0 unspecified atom stereocenters. The average molecular weight is 297 g/mol. The number of esters is 1. The van der Waals surface area contributed by atoms with Crippen molar-refractivity contribution in [2.75, 3.05) is 0 Å². The second-order valence-electron chi connectivity index (χ2n) is 4.86. The van der Waals surface area contributed by atoms with Crippen LogP contribution < -0.4 is 0 Å². The molecule has 0 amide bonds. The Labute approximate surface area is 127 Å². The molecule has 0 aliphatic heterocycles. The summed E-state index contributed by atoms with van der Waals surface area (Å²) >= 11 is 1.38. The predicted octanol–water partition coefficient (Wildman–Crippen LogP) is 4.27. The highest BCUT2D eigenvalue weighted by Crippen LogP contribution is 2.22. The van der Waals surface area contributed by atoms with E-state index in [1.165, 1.54) is 11.3 Å². The number of hydrogen-bond acceptors (Lipinski definition) is 4. The molecule has 0 atom stereocenters. The fraction of sp³-hybridized carbons (Fsp3) is 0.176. The number of hydrogen-bond donors (Lipinski definition) is 0. The minimum absolute atomic E-state index is 0.274. The van der Waals surface area contributed by atoms with Gasteiger partial charge in [-0.2, -0.15) is 0 Å². The Kier molecular flexibility index (Phi) is 3.71.